The highest BCUT2D eigenvalue weighted by Crippen LogP contribution is 2.34. The van der Waals surface area contributed by atoms with Crippen molar-refractivity contribution in [3.05, 3.63) is 87.6 Å². The van der Waals surface area contributed by atoms with Gasteiger partial charge in [0, 0.05) is 31.2 Å². The lowest BCUT2D eigenvalue weighted by Gasteiger charge is -2.29. The van der Waals surface area contributed by atoms with Crippen molar-refractivity contribution in [3.63, 3.8) is 0 Å². The van der Waals surface area contributed by atoms with Gasteiger partial charge in [0.1, 0.15) is 16.3 Å². The number of anilines is 1. The van der Waals surface area contributed by atoms with Crippen LogP contribution in [0.4, 0.5) is 19.0 Å². The summed E-state index contributed by atoms with van der Waals surface area (Å²) in [5.74, 6) is 0.544. The molecule has 9 heteroatoms. The van der Waals surface area contributed by atoms with Crippen molar-refractivity contribution >= 4 is 33.3 Å². The second kappa shape index (κ2) is 8.72. The Balaban J connectivity index is 1.25. The van der Waals surface area contributed by atoms with E-state index in [4.69, 9.17) is 0 Å². The topological polar surface area (TPSA) is 58.1 Å². The maximum atomic E-state index is 13.0. The van der Waals surface area contributed by atoms with Crippen molar-refractivity contribution in [1.29, 1.82) is 0 Å². The number of hydrogen-bond donors (Lipinski definition) is 1. The summed E-state index contributed by atoms with van der Waals surface area (Å²) in [7, 11) is 0. The lowest BCUT2D eigenvalue weighted by atomic mass is 10.00. The van der Waals surface area contributed by atoms with Gasteiger partial charge in [-0.1, -0.05) is 30.3 Å². The molecule has 0 bridgehead atoms. The molecule has 0 saturated carbocycles. The van der Waals surface area contributed by atoms with Crippen molar-refractivity contribution < 1.29 is 18.0 Å². The molecule has 0 saturated heterocycles. The van der Waals surface area contributed by atoms with Crippen LogP contribution in [-0.4, -0.2) is 22.4 Å². The molecule has 5 rings (SSSR count). The Morgan fingerprint density at radius 2 is 1.91 bits per heavy atom. The summed E-state index contributed by atoms with van der Waals surface area (Å²) in [6.45, 7) is 3.70. The van der Waals surface area contributed by atoms with Crippen molar-refractivity contribution in [1.82, 2.24) is 15.3 Å². The normalized spacial score (nSPS) is 13.7. The average Bonchev–Trinajstić information content (AvgIpc) is 3.18. The Hall–Kier alpha value is -3.46. The molecule has 5 nitrogen and oxygen atoms in total. The highest BCUT2D eigenvalue weighted by Gasteiger charge is 2.33. The van der Waals surface area contributed by atoms with E-state index in [1.54, 1.807) is 13.1 Å². The number of carbonyl (C=O) groups excluding carboxylic acids is 1. The van der Waals surface area contributed by atoms with Gasteiger partial charge in [-0.15, -0.1) is 11.3 Å². The quantitative estimate of drug-likeness (QED) is 0.417. The standard InChI is InChI=1S/C25H21F3N4OS/c1-15-19-7-8-20(25(26,27)28)31-24(19)34-22(15)23(33)30-13-16-6-9-21(29-12-16)32-11-10-17-4-2-3-5-18(17)14-32/h2-9,12H,10-11,13-14H2,1H3,(H,30,33). The van der Waals surface area contributed by atoms with Gasteiger partial charge in [-0.25, -0.2) is 9.97 Å². The molecule has 174 valence electrons. The van der Waals surface area contributed by atoms with E-state index in [1.165, 1.54) is 17.2 Å². The number of aryl methyl sites for hydroxylation is 1. The number of nitrogens with zero attached hydrogens (tertiary/aromatic N) is 3. The number of nitrogens with one attached hydrogen (secondary N) is 1. The summed E-state index contributed by atoms with van der Waals surface area (Å²) < 4.78 is 38.9. The van der Waals surface area contributed by atoms with E-state index in [9.17, 15) is 18.0 Å². The van der Waals surface area contributed by atoms with E-state index in [-0.39, 0.29) is 17.3 Å². The number of alkyl halides is 3. The number of benzene rings is 1. The number of halogens is 3. The van der Waals surface area contributed by atoms with Crippen molar-refractivity contribution in [2.75, 3.05) is 11.4 Å². The zero-order valence-corrected chi connectivity index (χ0v) is 19.1. The molecule has 1 aliphatic rings. The van der Waals surface area contributed by atoms with Crippen LogP contribution in [0.3, 0.4) is 0 Å². The Kier molecular flexibility index (Phi) is 5.73. The molecule has 0 fully saturated rings. The molecule has 0 atom stereocenters. The third-order valence-electron chi connectivity index (χ3n) is 6.02. The molecular formula is C25H21F3N4OS. The first-order valence-corrected chi connectivity index (χ1v) is 11.6. The number of amides is 1. The predicted molar refractivity (Wildman–Crippen MR) is 126 cm³/mol. The van der Waals surface area contributed by atoms with E-state index in [1.807, 2.05) is 18.2 Å². The zero-order valence-electron chi connectivity index (χ0n) is 18.3. The molecule has 1 N–H and O–H groups in total. The summed E-state index contributed by atoms with van der Waals surface area (Å²) in [5.41, 5.74) is 3.18. The molecule has 1 amide bonds. The fourth-order valence-electron chi connectivity index (χ4n) is 4.14. The zero-order chi connectivity index (χ0) is 23.9. The molecule has 4 heterocycles. The van der Waals surface area contributed by atoms with Crippen molar-refractivity contribution in [2.24, 2.45) is 0 Å². The van der Waals surface area contributed by atoms with E-state index in [2.05, 4.69) is 38.4 Å². The maximum Gasteiger partial charge on any atom is 0.433 e. The summed E-state index contributed by atoms with van der Waals surface area (Å²) in [6, 6.07) is 14.6. The first-order valence-electron chi connectivity index (χ1n) is 10.8. The van der Waals surface area contributed by atoms with Gasteiger partial charge in [0.15, 0.2) is 0 Å². The molecule has 0 aliphatic carbocycles. The third-order valence-corrected chi connectivity index (χ3v) is 7.22. The summed E-state index contributed by atoms with van der Waals surface area (Å²) in [4.78, 5) is 23.8. The van der Waals surface area contributed by atoms with Gasteiger partial charge >= 0.3 is 6.18 Å². The van der Waals surface area contributed by atoms with E-state index in [0.717, 1.165) is 48.3 Å². The van der Waals surface area contributed by atoms with Crippen LogP contribution in [0, 0.1) is 6.92 Å². The fraction of sp³-hybridized carbons (Fsp3) is 0.240. The number of pyridine rings is 2. The smallest absolute Gasteiger partial charge is 0.352 e. The van der Waals surface area contributed by atoms with Gasteiger partial charge in [-0.05, 0) is 53.8 Å². The number of fused-ring (bicyclic) bond motifs is 2. The summed E-state index contributed by atoms with van der Waals surface area (Å²) >= 11 is 0.968. The number of carbonyl (C=O) groups is 1. The monoisotopic (exact) mass is 482 g/mol. The molecule has 0 unspecified atom stereocenters. The molecule has 0 spiro atoms. The highest BCUT2D eigenvalue weighted by atomic mass is 32.1. The molecular weight excluding hydrogens is 461 g/mol. The average molecular weight is 483 g/mol. The minimum atomic E-state index is -4.52. The SMILES string of the molecule is Cc1c(C(=O)NCc2ccc(N3CCc4ccccc4C3)nc2)sc2nc(C(F)(F)F)ccc12. The molecule has 1 aliphatic heterocycles. The summed E-state index contributed by atoms with van der Waals surface area (Å²) in [5, 5.41) is 3.39. The molecule has 0 radical (unpaired) electrons. The van der Waals surface area contributed by atoms with Crippen molar-refractivity contribution in [3.8, 4) is 0 Å². The summed E-state index contributed by atoms with van der Waals surface area (Å²) in [6.07, 6.45) is -1.81. The minimum absolute atomic E-state index is 0.201. The number of hydrogen-bond acceptors (Lipinski definition) is 5. The van der Waals surface area contributed by atoms with Gasteiger partial charge in [0.25, 0.3) is 5.91 Å². The number of rotatable bonds is 4. The maximum absolute atomic E-state index is 13.0. The number of aromatic nitrogens is 2. The Morgan fingerprint density at radius 1 is 1.12 bits per heavy atom. The largest absolute Gasteiger partial charge is 0.433 e. The molecule has 1 aromatic carbocycles. The lowest BCUT2D eigenvalue weighted by molar-refractivity contribution is -0.140. The lowest BCUT2D eigenvalue weighted by Crippen LogP contribution is -2.31. The van der Waals surface area contributed by atoms with Crippen LogP contribution < -0.4 is 10.2 Å². The molecule has 34 heavy (non-hydrogen) atoms. The Morgan fingerprint density at radius 3 is 2.65 bits per heavy atom. The van der Waals surface area contributed by atoms with Gasteiger partial charge in [-0.3, -0.25) is 4.79 Å². The van der Waals surface area contributed by atoms with Gasteiger partial charge in [-0.2, -0.15) is 13.2 Å². The van der Waals surface area contributed by atoms with Gasteiger partial charge < -0.3 is 10.2 Å². The van der Waals surface area contributed by atoms with Gasteiger partial charge in [0.05, 0.1) is 4.88 Å². The van der Waals surface area contributed by atoms with Gasteiger partial charge in [0.2, 0.25) is 0 Å². The minimum Gasteiger partial charge on any atom is -0.352 e. The van der Waals surface area contributed by atoms with Crippen LogP contribution in [-0.2, 0) is 25.7 Å². The third kappa shape index (κ3) is 4.35. The first kappa shape index (κ1) is 22.3. The van der Waals surface area contributed by atoms with Crippen LogP contribution in [0.2, 0.25) is 0 Å². The number of thiophene rings is 1. The highest BCUT2D eigenvalue weighted by molar-refractivity contribution is 7.20. The van der Waals surface area contributed by atoms with Crippen LogP contribution in [0.25, 0.3) is 10.2 Å². The van der Waals surface area contributed by atoms with Crippen LogP contribution in [0.1, 0.15) is 37.6 Å². The van der Waals surface area contributed by atoms with Crippen LogP contribution in [0.5, 0.6) is 0 Å². The van der Waals surface area contributed by atoms with Crippen LogP contribution >= 0.6 is 11.3 Å². The van der Waals surface area contributed by atoms with E-state index < -0.39 is 11.9 Å². The van der Waals surface area contributed by atoms with Crippen molar-refractivity contribution in [2.45, 2.75) is 32.6 Å². The second-order valence-electron chi connectivity index (χ2n) is 8.25. The fourth-order valence-corrected chi connectivity index (χ4v) is 5.23. The molecule has 3 aromatic heterocycles. The predicted octanol–water partition coefficient (Wildman–Crippen LogP) is 5.51. The Bertz CT molecular complexity index is 1370. The second-order valence-corrected chi connectivity index (χ2v) is 9.25. The molecule has 4 aromatic rings. The first-order chi connectivity index (χ1) is 16.3. The van der Waals surface area contributed by atoms with E-state index >= 15 is 0 Å². The van der Waals surface area contributed by atoms with Crippen LogP contribution in [0.15, 0.2) is 54.7 Å². The van der Waals surface area contributed by atoms with E-state index in [0.29, 0.717) is 15.8 Å². The Labute approximate surface area is 198 Å².